The van der Waals surface area contributed by atoms with Crippen molar-refractivity contribution in [3.63, 3.8) is 0 Å². The van der Waals surface area contributed by atoms with Crippen molar-refractivity contribution in [2.45, 2.75) is 39.3 Å². The van der Waals surface area contributed by atoms with Crippen molar-refractivity contribution in [3.8, 4) is 0 Å². The second kappa shape index (κ2) is 5.38. The van der Waals surface area contributed by atoms with Gasteiger partial charge in [-0.1, -0.05) is 39.3 Å². The van der Waals surface area contributed by atoms with Crippen LogP contribution in [0.4, 0.5) is 0 Å². The summed E-state index contributed by atoms with van der Waals surface area (Å²) in [5.74, 6) is 0. The first-order valence-corrected chi connectivity index (χ1v) is 14.1. The van der Waals surface area contributed by atoms with E-state index in [-0.39, 0.29) is 0 Å². The van der Waals surface area contributed by atoms with Crippen molar-refractivity contribution in [1.82, 2.24) is 4.00 Å². The van der Waals surface area contributed by atoms with Crippen LogP contribution in [0.2, 0.25) is 39.3 Å². The van der Waals surface area contributed by atoms with Crippen LogP contribution in [0.1, 0.15) is 0 Å². The second-order valence-electron chi connectivity index (χ2n) is 4.99. The Labute approximate surface area is 113 Å². The van der Waals surface area contributed by atoms with Crippen molar-refractivity contribution in [2.24, 2.45) is 0 Å². The van der Waals surface area contributed by atoms with Crippen LogP contribution < -0.4 is 0 Å². The van der Waals surface area contributed by atoms with Gasteiger partial charge in [0.2, 0.25) is 0 Å². The molecule has 0 radical (unpaired) electrons. The summed E-state index contributed by atoms with van der Waals surface area (Å²) in [6.45, 7) is 14.6. The molecule has 0 rings (SSSR count). The molecular formula is C7H18I2NPSi2. The predicted octanol–water partition coefficient (Wildman–Crippen LogP) is 4.78. The third-order valence-electron chi connectivity index (χ3n) is 1.45. The smallest absolute Gasteiger partial charge is 0.121 e. The van der Waals surface area contributed by atoms with Crippen LogP contribution in [0.25, 0.3) is 0 Å². The quantitative estimate of drug-likeness (QED) is 0.335. The van der Waals surface area contributed by atoms with E-state index >= 15 is 0 Å². The van der Waals surface area contributed by atoms with E-state index in [4.69, 9.17) is 0 Å². The molecule has 1 nitrogen and oxygen atoms in total. The molecule has 0 aromatic rings. The molecule has 0 aromatic heterocycles. The van der Waals surface area contributed by atoms with Gasteiger partial charge >= 0.3 is 0 Å². The molecule has 6 heteroatoms. The molecule has 0 aliphatic heterocycles. The first-order chi connectivity index (χ1) is 5.55. The first-order valence-electron chi connectivity index (χ1n) is 4.25. The average molecular weight is 457 g/mol. The summed E-state index contributed by atoms with van der Waals surface area (Å²) in [4.78, 5) is 0. The molecule has 0 aliphatic rings. The third kappa shape index (κ3) is 6.24. The van der Waals surface area contributed by atoms with Crippen LogP contribution in [0.5, 0.6) is 0 Å². The van der Waals surface area contributed by atoms with E-state index in [2.05, 4.69) is 88.5 Å². The topological polar surface area (TPSA) is 3.24 Å². The normalized spacial score (nSPS) is 13.9. The van der Waals surface area contributed by atoms with E-state index in [1.807, 2.05) is 0 Å². The number of rotatable bonds is 3. The molecule has 78 valence electrons. The molecule has 0 N–H and O–H groups in total. The van der Waals surface area contributed by atoms with Crippen molar-refractivity contribution < 1.29 is 0 Å². The summed E-state index contributed by atoms with van der Waals surface area (Å²) >= 11 is 4.86. The fraction of sp³-hybridized carbons (Fsp3) is 0.857. The monoisotopic (exact) mass is 457 g/mol. The molecular weight excluding hydrogens is 439 g/mol. The second-order valence-corrected chi connectivity index (χ2v) is 22.7. The average Bonchev–Trinajstić information content (AvgIpc) is 1.77. The van der Waals surface area contributed by atoms with Crippen molar-refractivity contribution in [1.29, 1.82) is 0 Å². The van der Waals surface area contributed by atoms with Gasteiger partial charge in [-0.15, -0.1) is 0 Å². The van der Waals surface area contributed by atoms with Crippen LogP contribution in [0.15, 0.2) is 0 Å². The lowest BCUT2D eigenvalue weighted by atomic mass is 11.8. The molecule has 0 atom stereocenters. The highest BCUT2D eigenvalue weighted by Crippen LogP contribution is 2.30. The fourth-order valence-corrected chi connectivity index (χ4v) is 16.3. The molecule has 0 amide bonds. The fourth-order valence-electron chi connectivity index (χ4n) is 1.38. The zero-order valence-corrected chi connectivity index (χ0v) is 16.4. The number of halogens is 2. The van der Waals surface area contributed by atoms with Gasteiger partial charge in [-0.05, 0) is 53.5 Å². The number of hydrogen-bond acceptors (Lipinski definition) is 1. The van der Waals surface area contributed by atoms with E-state index < -0.39 is 16.5 Å². The van der Waals surface area contributed by atoms with Crippen LogP contribution in [-0.2, 0) is 0 Å². The lowest BCUT2D eigenvalue weighted by Gasteiger charge is -2.40. The molecule has 0 fully saturated rings. The zero-order valence-electron chi connectivity index (χ0n) is 9.15. The highest BCUT2D eigenvalue weighted by atomic mass is 127. The highest BCUT2D eigenvalue weighted by Gasteiger charge is 2.33. The summed E-state index contributed by atoms with van der Waals surface area (Å²) < 4.78 is 4.23. The SMILES string of the molecule is C[Si](C)(C)N(P=C(I)I)[Si](C)(C)C. The minimum atomic E-state index is -1.13. The van der Waals surface area contributed by atoms with E-state index in [1.165, 1.54) is 9.66 Å². The van der Waals surface area contributed by atoms with E-state index in [0.29, 0.717) is 0 Å². The van der Waals surface area contributed by atoms with Crippen molar-refractivity contribution in [2.75, 3.05) is 0 Å². The summed E-state index contributed by atoms with van der Waals surface area (Å²) in [6, 6.07) is 0. The molecule has 0 bridgehead atoms. The lowest BCUT2D eigenvalue weighted by molar-refractivity contribution is 0.999. The highest BCUT2D eigenvalue weighted by molar-refractivity contribution is 14.2. The third-order valence-corrected chi connectivity index (χ3v) is 13.9. The number of nitrogens with zero attached hydrogens (tertiary/aromatic N) is 1. The molecule has 0 spiro atoms. The standard InChI is InChI=1S/C7H18I2NPSi2/c1-12(2,3)10(11-7(8)9)13(4,5)6/h1-6H3. The Balaban J connectivity index is 4.90. The Kier molecular flexibility index (Phi) is 6.22. The van der Waals surface area contributed by atoms with Crippen molar-refractivity contribution in [3.05, 3.63) is 0 Å². The lowest BCUT2D eigenvalue weighted by Crippen LogP contribution is -2.53. The Morgan fingerprint density at radius 1 is 0.923 bits per heavy atom. The molecule has 0 saturated carbocycles. The van der Waals surface area contributed by atoms with Gasteiger partial charge in [0.1, 0.15) is 16.5 Å². The van der Waals surface area contributed by atoms with Gasteiger partial charge in [0.15, 0.2) is 0 Å². The van der Waals surface area contributed by atoms with Crippen LogP contribution in [0.3, 0.4) is 0 Å². The Morgan fingerprint density at radius 2 is 1.23 bits per heavy atom. The summed E-state index contributed by atoms with van der Waals surface area (Å²) in [6.07, 6.45) is 0. The van der Waals surface area contributed by atoms with E-state index in [9.17, 15) is 0 Å². The largest absolute Gasteiger partial charge is 0.298 e. The van der Waals surface area contributed by atoms with Gasteiger partial charge in [-0.2, -0.15) is 0 Å². The van der Waals surface area contributed by atoms with Crippen LogP contribution >= 0.6 is 53.5 Å². The predicted molar refractivity (Wildman–Crippen MR) is 88.5 cm³/mol. The van der Waals surface area contributed by atoms with Gasteiger partial charge < -0.3 is 0 Å². The van der Waals surface area contributed by atoms with Gasteiger partial charge in [-0.25, -0.2) is 0 Å². The summed E-state index contributed by atoms with van der Waals surface area (Å²) in [5.41, 5.74) is 0. The molecule has 0 heterocycles. The van der Waals surface area contributed by atoms with Gasteiger partial charge in [0.05, 0.1) is 1.31 Å². The Morgan fingerprint density at radius 3 is 1.31 bits per heavy atom. The van der Waals surface area contributed by atoms with E-state index in [1.54, 1.807) is 0 Å². The molecule has 0 aromatic carbocycles. The van der Waals surface area contributed by atoms with Gasteiger partial charge in [-0.3, -0.25) is 4.00 Å². The maximum Gasteiger partial charge on any atom is 0.121 e. The summed E-state index contributed by atoms with van der Waals surface area (Å²) in [5, 5.41) is 0. The Bertz CT molecular complexity index is 190. The molecule has 0 aliphatic carbocycles. The Hall–Kier alpha value is 2.02. The van der Waals surface area contributed by atoms with Gasteiger partial charge in [0, 0.05) is 0 Å². The number of hydrogen-bond donors (Lipinski definition) is 0. The van der Waals surface area contributed by atoms with Crippen molar-refractivity contribution >= 4 is 71.3 Å². The zero-order chi connectivity index (χ0) is 10.9. The minimum absolute atomic E-state index is 1.13. The van der Waals surface area contributed by atoms with E-state index in [0.717, 1.165) is 0 Å². The van der Waals surface area contributed by atoms with Crippen LogP contribution in [0, 0.1) is 0 Å². The minimum Gasteiger partial charge on any atom is -0.298 e. The molecule has 0 unspecified atom stereocenters. The molecule has 13 heavy (non-hydrogen) atoms. The van der Waals surface area contributed by atoms with Crippen LogP contribution in [-0.4, -0.2) is 21.8 Å². The summed E-state index contributed by atoms with van der Waals surface area (Å²) in [7, 11) is -0.820. The maximum atomic E-state index is 2.77. The molecule has 0 saturated heterocycles. The first kappa shape index (κ1) is 15.0. The van der Waals surface area contributed by atoms with Gasteiger partial charge in [0.25, 0.3) is 0 Å². The maximum absolute atomic E-state index is 2.77.